The first-order valence-corrected chi connectivity index (χ1v) is 7.98. The number of aryl methyl sites for hydroxylation is 3. The zero-order valence-electron chi connectivity index (χ0n) is 12.4. The molecule has 0 amide bonds. The molecule has 0 radical (unpaired) electrons. The molecule has 0 saturated carbocycles. The average Bonchev–Trinajstić information content (AvgIpc) is 2.31. The molecule has 5 heteroatoms. The maximum absolute atomic E-state index is 12.9. The van der Waals surface area contributed by atoms with Gasteiger partial charge in [-0.3, -0.25) is 0 Å². The molecule has 0 aliphatic carbocycles. The van der Waals surface area contributed by atoms with E-state index >= 15 is 0 Å². The van der Waals surface area contributed by atoms with Crippen molar-refractivity contribution < 1.29 is 18.6 Å². The molecule has 4 nitrogen and oxygen atoms in total. The Morgan fingerprint density at radius 2 is 1.38 bits per heavy atom. The summed E-state index contributed by atoms with van der Waals surface area (Å²) in [6.45, 7) is 6.59. The maximum Gasteiger partial charge on any atom is 0.207 e. The number of sulfone groups is 1. The van der Waals surface area contributed by atoms with Crippen LogP contribution in [0.5, 0.6) is 11.5 Å². The van der Waals surface area contributed by atoms with Gasteiger partial charge in [0, 0.05) is 5.56 Å². The van der Waals surface area contributed by atoms with Gasteiger partial charge in [-0.15, -0.1) is 0 Å². The first kappa shape index (κ1) is 15.4. The number of rotatable bonds is 2. The van der Waals surface area contributed by atoms with Gasteiger partial charge in [-0.25, -0.2) is 8.42 Å². The van der Waals surface area contributed by atoms with Crippen LogP contribution in [0, 0.1) is 27.7 Å². The number of hydrogen-bond acceptors (Lipinski definition) is 4. The van der Waals surface area contributed by atoms with E-state index in [9.17, 15) is 18.6 Å². The molecule has 2 N–H and O–H groups in total. The molecule has 0 atom stereocenters. The molecule has 0 unspecified atom stereocenters. The molecule has 2 aromatic rings. The fraction of sp³-hybridized carbons (Fsp3) is 0.250. The Morgan fingerprint density at radius 3 is 1.90 bits per heavy atom. The van der Waals surface area contributed by atoms with E-state index in [2.05, 4.69) is 0 Å². The number of aromatic hydroxyl groups is 2. The van der Waals surface area contributed by atoms with Gasteiger partial charge in [-0.1, -0.05) is 0 Å². The highest BCUT2D eigenvalue weighted by molar-refractivity contribution is 7.91. The van der Waals surface area contributed by atoms with E-state index in [1.807, 2.05) is 0 Å². The van der Waals surface area contributed by atoms with E-state index in [1.54, 1.807) is 33.8 Å². The minimum atomic E-state index is -3.76. The first-order valence-electron chi connectivity index (χ1n) is 6.50. The second kappa shape index (κ2) is 5.07. The Bertz CT molecular complexity index is 797. The van der Waals surface area contributed by atoms with Gasteiger partial charge in [0.25, 0.3) is 0 Å². The quantitative estimate of drug-likeness (QED) is 0.893. The number of benzene rings is 2. The Labute approximate surface area is 124 Å². The van der Waals surface area contributed by atoms with Crippen molar-refractivity contribution in [3.05, 3.63) is 46.5 Å². The minimum Gasteiger partial charge on any atom is -0.508 e. The molecule has 0 bridgehead atoms. The van der Waals surface area contributed by atoms with E-state index in [0.29, 0.717) is 22.3 Å². The topological polar surface area (TPSA) is 74.6 Å². The molecule has 0 aliphatic heterocycles. The molecule has 0 aromatic heterocycles. The number of phenolic OH excluding ortho intramolecular Hbond substituents is 2. The molecule has 0 fully saturated rings. The molecule has 0 heterocycles. The van der Waals surface area contributed by atoms with Crippen LogP contribution in [-0.4, -0.2) is 18.6 Å². The van der Waals surface area contributed by atoms with E-state index in [0.717, 1.165) is 0 Å². The summed E-state index contributed by atoms with van der Waals surface area (Å²) in [6.07, 6.45) is 0. The molecule has 21 heavy (non-hydrogen) atoms. The van der Waals surface area contributed by atoms with Crippen molar-refractivity contribution in [1.29, 1.82) is 0 Å². The summed E-state index contributed by atoms with van der Waals surface area (Å²) in [4.78, 5) is 0.269. The Balaban J connectivity index is 2.81. The SMILES string of the molecule is Cc1cc(O)c(C)c(S(=O)(=O)c2c(C)cc(O)cc2C)c1. The monoisotopic (exact) mass is 306 g/mol. The van der Waals surface area contributed by atoms with Crippen molar-refractivity contribution in [3.8, 4) is 11.5 Å². The summed E-state index contributed by atoms with van der Waals surface area (Å²) in [7, 11) is -3.76. The van der Waals surface area contributed by atoms with Gasteiger partial charge in [0.05, 0.1) is 9.79 Å². The van der Waals surface area contributed by atoms with Gasteiger partial charge in [0.15, 0.2) is 0 Å². The van der Waals surface area contributed by atoms with Crippen LogP contribution in [0.4, 0.5) is 0 Å². The summed E-state index contributed by atoms with van der Waals surface area (Å²) in [5, 5.41) is 19.4. The number of hydrogen-bond donors (Lipinski definition) is 2. The maximum atomic E-state index is 12.9. The van der Waals surface area contributed by atoms with Crippen molar-refractivity contribution in [2.45, 2.75) is 37.5 Å². The summed E-state index contributed by atoms with van der Waals surface area (Å²) in [5.41, 5.74) is 1.96. The molecule has 112 valence electrons. The van der Waals surface area contributed by atoms with Crippen LogP contribution in [0.15, 0.2) is 34.1 Å². The van der Waals surface area contributed by atoms with E-state index in [-0.39, 0.29) is 21.3 Å². The molecule has 2 rings (SSSR count). The third-order valence-corrected chi connectivity index (χ3v) is 5.66. The lowest BCUT2D eigenvalue weighted by Crippen LogP contribution is -2.08. The number of phenols is 2. The summed E-state index contributed by atoms with van der Waals surface area (Å²) in [5.74, 6) is -0.00424. The van der Waals surface area contributed by atoms with Gasteiger partial charge in [0.2, 0.25) is 9.84 Å². The lowest BCUT2D eigenvalue weighted by Gasteiger charge is -2.15. The second-order valence-electron chi connectivity index (χ2n) is 5.32. The summed E-state index contributed by atoms with van der Waals surface area (Å²) < 4.78 is 25.8. The smallest absolute Gasteiger partial charge is 0.207 e. The summed E-state index contributed by atoms with van der Waals surface area (Å²) >= 11 is 0. The Hall–Kier alpha value is -2.01. The van der Waals surface area contributed by atoms with Crippen molar-refractivity contribution in [2.75, 3.05) is 0 Å². The molecule has 0 aliphatic rings. The van der Waals surface area contributed by atoms with Crippen LogP contribution in [0.1, 0.15) is 22.3 Å². The van der Waals surface area contributed by atoms with Crippen molar-refractivity contribution in [2.24, 2.45) is 0 Å². The third kappa shape index (κ3) is 2.61. The highest BCUT2D eigenvalue weighted by Crippen LogP contribution is 2.34. The Morgan fingerprint density at radius 1 is 0.857 bits per heavy atom. The normalized spacial score (nSPS) is 11.6. The van der Waals surface area contributed by atoms with Crippen molar-refractivity contribution in [1.82, 2.24) is 0 Å². The van der Waals surface area contributed by atoms with Crippen LogP contribution in [0.3, 0.4) is 0 Å². The predicted molar refractivity (Wildman–Crippen MR) is 80.6 cm³/mol. The average molecular weight is 306 g/mol. The van der Waals surface area contributed by atoms with Crippen LogP contribution in [0.2, 0.25) is 0 Å². The molecule has 0 saturated heterocycles. The van der Waals surface area contributed by atoms with Gasteiger partial charge >= 0.3 is 0 Å². The Kier molecular flexibility index (Phi) is 3.72. The molecular formula is C16H18O4S. The molecular weight excluding hydrogens is 288 g/mol. The zero-order chi connectivity index (χ0) is 15.9. The molecule has 0 spiro atoms. The fourth-order valence-electron chi connectivity index (χ4n) is 2.55. The highest BCUT2D eigenvalue weighted by Gasteiger charge is 2.26. The standard InChI is InChI=1S/C16H18O4S/c1-9-5-14(18)12(4)15(6-9)21(19,20)16-10(2)7-13(17)8-11(16)3/h5-8,17-18H,1-4H3. The van der Waals surface area contributed by atoms with E-state index in [4.69, 9.17) is 0 Å². The van der Waals surface area contributed by atoms with Crippen molar-refractivity contribution in [3.63, 3.8) is 0 Å². The predicted octanol–water partition coefficient (Wildman–Crippen LogP) is 3.16. The van der Waals surface area contributed by atoms with Gasteiger partial charge in [-0.2, -0.15) is 0 Å². The lowest BCUT2D eigenvalue weighted by atomic mass is 10.1. The first-order chi connectivity index (χ1) is 9.64. The zero-order valence-corrected chi connectivity index (χ0v) is 13.2. The third-order valence-electron chi connectivity index (χ3n) is 3.48. The largest absolute Gasteiger partial charge is 0.508 e. The van der Waals surface area contributed by atoms with Gasteiger partial charge in [0.1, 0.15) is 11.5 Å². The lowest BCUT2D eigenvalue weighted by molar-refractivity contribution is 0.467. The van der Waals surface area contributed by atoms with E-state index < -0.39 is 9.84 Å². The van der Waals surface area contributed by atoms with Crippen LogP contribution in [-0.2, 0) is 9.84 Å². The van der Waals surface area contributed by atoms with Crippen LogP contribution in [0.25, 0.3) is 0 Å². The highest BCUT2D eigenvalue weighted by atomic mass is 32.2. The van der Waals surface area contributed by atoms with Gasteiger partial charge in [-0.05, 0) is 68.7 Å². The van der Waals surface area contributed by atoms with Crippen molar-refractivity contribution >= 4 is 9.84 Å². The second-order valence-corrected chi connectivity index (χ2v) is 7.17. The van der Waals surface area contributed by atoms with Gasteiger partial charge < -0.3 is 10.2 Å². The minimum absolute atomic E-state index is 0.0350. The molecule has 2 aromatic carbocycles. The summed E-state index contributed by atoms with van der Waals surface area (Å²) in [6, 6.07) is 5.93. The fourth-order valence-corrected chi connectivity index (χ4v) is 4.58. The van der Waals surface area contributed by atoms with E-state index in [1.165, 1.54) is 18.2 Å². The van der Waals surface area contributed by atoms with Crippen LogP contribution >= 0.6 is 0 Å². The van der Waals surface area contributed by atoms with Crippen LogP contribution < -0.4 is 0 Å².